The van der Waals surface area contributed by atoms with Crippen LogP contribution in [0, 0.1) is 11.8 Å². The molecule has 12 heavy (non-hydrogen) atoms. The number of likely N-dealkylation sites (tertiary alicyclic amines) is 1. The highest BCUT2D eigenvalue weighted by Crippen LogP contribution is 2.19. The Morgan fingerprint density at radius 2 is 2.25 bits per heavy atom. The van der Waals surface area contributed by atoms with Crippen molar-refractivity contribution < 1.29 is 0 Å². The number of halogens is 1. The standard InChI is InChI=1S/C10H19BrN/c1-9(2)7-12-5-3-4-10(6-11)8-12/h10H,3-8H2,1-2H3. The van der Waals surface area contributed by atoms with Crippen LogP contribution in [0.4, 0.5) is 0 Å². The van der Waals surface area contributed by atoms with Crippen molar-refractivity contribution in [3.8, 4) is 0 Å². The molecule has 0 aromatic rings. The predicted molar refractivity (Wildman–Crippen MR) is 57.5 cm³/mol. The van der Waals surface area contributed by atoms with E-state index in [0.717, 1.165) is 5.92 Å². The van der Waals surface area contributed by atoms with Gasteiger partial charge in [-0.15, -0.1) is 0 Å². The number of rotatable bonds is 3. The molecule has 2 heteroatoms. The summed E-state index contributed by atoms with van der Waals surface area (Å²) in [4.78, 5) is 2.57. The zero-order valence-corrected chi connectivity index (χ0v) is 9.73. The van der Waals surface area contributed by atoms with E-state index in [-0.39, 0.29) is 0 Å². The summed E-state index contributed by atoms with van der Waals surface area (Å²) in [6.45, 7) is 8.23. The first-order valence-corrected chi connectivity index (χ1v) is 5.92. The van der Waals surface area contributed by atoms with Crippen molar-refractivity contribution in [2.24, 2.45) is 5.92 Å². The van der Waals surface area contributed by atoms with Crippen LogP contribution in [0.1, 0.15) is 26.7 Å². The van der Waals surface area contributed by atoms with E-state index in [0.29, 0.717) is 0 Å². The number of alkyl halides is 1. The molecule has 1 nitrogen and oxygen atoms in total. The minimum Gasteiger partial charge on any atom is -0.302 e. The van der Waals surface area contributed by atoms with Crippen LogP contribution in [0.5, 0.6) is 0 Å². The molecule has 0 aromatic heterocycles. The maximum absolute atomic E-state index is 3.57. The van der Waals surface area contributed by atoms with Crippen LogP contribution in [0.25, 0.3) is 0 Å². The Bertz CT molecular complexity index is 125. The Kier molecular flexibility index (Phi) is 4.59. The summed E-state index contributed by atoms with van der Waals surface area (Å²) in [5, 5.41) is 1.17. The van der Waals surface area contributed by atoms with Crippen LogP contribution in [0.3, 0.4) is 0 Å². The highest BCUT2D eigenvalue weighted by Gasteiger charge is 2.18. The fourth-order valence-electron chi connectivity index (χ4n) is 1.87. The quantitative estimate of drug-likeness (QED) is 0.677. The molecular formula is C10H19BrN. The topological polar surface area (TPSA) is 3.24 Å². The Labute approximate surface area is 84.6 Å². The second-order valence-corrected chi connectivity index (χ2v) is 4.75. The molecule has 0 bridgehead atoms. The normalized spacial score (nSPS) is 26.5. The van der Waals surface area contributed by atoms with Crippen LogP contribution in [-0.4, -0.2) is 29.9 Å². The fraction of sp³-hybridized carbons (Fsp3) is 0.900. The zero-order valence-electron chi connectivity index (χ0n) is 8.15. The van der Waals surface area contributed by atoms with Crippen molar-refractivity contribution >= 4 is 15.9 Å². The van der Waals surface area contributed by atoms with Gasteiger partial charge in [0.05, 0.1) is 0 Å². The molecule has 1 heterocycles. The van der Waals surface area contributed by atoms with Gasteiger partial charge >= 0.3 is 0 Å². The van der Waals surface area contributed by atoms with Crippen molar-refractivity contribution in [1.29, 1.82) is 0 Å². The van der Waals surface area contributed by atoms with Crippen molar-refractivity contribution in [3.05, 3.63) is 5.92 Å². The third-order valence-corrected chi connectivity index (χ3v) is 3.28. The summed E-state index contributed by atoms with van der Waals surface area (Å²) in [5.41, 5.74) is 0. The second-order valence-electron chi connectivity index (χ2n) is 4.10. The molecule has 1 unspecified atom stereocenters. The van der Waals surface area contributed by atoms with E-state index >= 15 is 0 Å². The summed E-state index contributed by atoms with van der Waals surface area (Å²) in [6.07, 6.45) is 2.79. The largest absolute Gasteiger partial charge is 0.302 e. The molecule has 1 aliphatic rings. The van der Waals surface area contributed by atoms with Gasteiger partial charge < -0.3 is 4.90 Å². The zero-order chi connectivity index (χ0) is 8.97. The first kappa shape index (κ1) is 10.5. The maximum atomic E-state index is 3.57. The third-order valence-electron chi connectivity index (χ3n) is 2.36. The maximum Gasteiger partial charge on any atom is 0.00718 e. The van der Waals surface area contributed by atoms with Gasteiger partial charge in [-0.05, 0) is 31.2 Å². The van der Waals surface area contributed by atoms with Crippen molar-refractivity contribution in [2.45, 2.75) is 26.7 Å². The van der Waals surface area contributed by atoms with E-state index in [9.17, 15) is 0 Å². The first-order chi connectivity index (χ1) is 5.72. The van der Waals surface area contributed by atoms with E-state index in [1.54, 1.807) is 0 Å². The molecule has 71 valence electrons. The van der Waals surface area contributed by atoms with E-state index in [1.165, 1.54) is 43.7 Å². The summed E-state index contributed by atoms with van der Waals surface area (Å²) in [5.74, 6) is 2.42. The molecule has 0 amide bonds. The monoisotopic (exact) mass is 232 g/mol. The smallest absolute Gasteiger partial charge is 0.00718 e. The molecule has 1 atom stereocenters. The molecule has 1 aliphatic heterocycles. The Balaban J connectivity index is 2.25. The van der Waals surface area contributed by atoms with Gasteiger partial charge in [0, 0.05) is 18.4 Å². The van der Waals surface area contributed by atoms with Crippen LogP contribution < -0.4 is 0 Å². The molecule has 0 aromatic carbocycles. The molecule has 1 fully saturated rings. The van der Waals surface area contributed by atoms with Gasteiger partial charge in [-0.3, -0.25) is 0 Å². The minimum atomic E-state index is 0.887. The average molecular weight is 233 g/mol. The molecule has 0 saturated carbocycles. The molecule has 1 saturated heterocycles. The Morgan fingerprint density at radius 1 is 1.50 bits per heavy atom. The van der Waals surface area contributed by atoms with Gasteiger partial charge in [0.2, 0.25) is 0 Å². The van der Waals surface area contributed by atoms with E-state index in [1.807, 2.05) is 0 Å². The van der Waals surface area contributed by atoms with Crippen molar-refractivity contribution in [1.82, 2.24) is 4.90 Å². The van der Waals surface area contributed by atoms with Crippen LogP contribution in [0.2, 0.25) is 0 Å². The lowest BCUT2D eigenvalue weighted by atomic mass is 9.99. The molecule has 0 aliphatic carbocycles. The van der Waals surface area contributed by atoms with Gasteiger partial charge in [-0.1, -0.05) is 29.8 Å². The number of piperidine rings is 1. The van der Waals surface area contributed by atoms with E-state index < -0.39 is 0 Å². The van der Waals surface area contributed by atoms with Gasteiger partial charge in [-0.2, -0.15) is 0 Å². The fourth-order valence-corrected chi connectivity index (χ4v) is 2.40. The molecule has 1 rings (SSSR count). The summed E-state index contributed by atoms with van der Waals surface area (Å²) < 4.78 is 0. The molecule has 0 spiro atoms. The first-order valence-electron chi connectivity index (χ1n) is 4.79. The van der Waals surface area contributed by atoms with E-state index in [4.69, 9.17) is 0 Å². The minimum absolute atomic E-state index is 0.887. The van der Waals surface area contributed by atoms with E-state index in [2.05, 4.69) is 34.7 Å². The lowest BCUT2D eigenvalue weighted by Crippen LogP contribution is -2.37. The number of hydrogen-bond donors (Lipinski definition) is 0. The lowest BCUT2D eigenvalue weighted by molar-refractivity contribution is 0.193. The summed E-state index contributed by atoms with van der Waals surface area (Å²) in [6, 6.07) is 0. The van der Waals surface area contributed by atoms with Gasteiger partial charge in [0.25, 0.3) is 0 Å². The molecule has 1 radical (unpaired) electrons. The SMILES string of the molecule is C[C](C)CN1CCCC(CBr)C1. The third kappa shape index (κ3) is 3.44. The van der Waals surface area contributed by atoms with Gasteiger partial charge in [0.1, 0.15) is 0 Å². The Hall–Kier alpha value is 0.440. The lowest BCUT2D eigenvalue weighted by Gasteiger charge is -2.32. The average Bonchev–Trinajstić information content (AvgIpc) is 2.03. The molecule has 0 N–H and O–H groups in total. The second kappa shape index (κ2) is 5.23. The predicted octanol–water partition coefficient (Wildman–Crippen LogP) is 2.71. The van der Waals surface area contributed by atoms with Gasteiger partial charge in [0.15, 0.2) is 0 Å². The Morgan fingerprint density at radius 3 is 2.83 bits per heavy atom. The van der Waals surface area contributed by atoms with Crippen LogP contribution in [0.15, 0.2) is 0 Å². The highest BCUT2D eigenvalue weighted by atomic mass is 79.9. The highest BCUT2D eigenvalue weighted by molar-refractivity contribution is 9.09. The number of nitrogens with zero attached hydrogens (tertiary/aromatic N) is 1. The molecular weight excluding hydrogens is 214 g/mol. The number of hydrogen-bond acceptors (Lipinski definition) is 1. The summed E-state index contributed by atoms with van der Waals surface area (Å²) >= 11 is 3.57. The van der Waals surface area contributed by atoms with Crippen LogP contribution >= 0.6 is 15.9 Å². The van der Waals surface area contributed by atoms with Crippen LogP contribution in [-0.2, 0) is 0 Å². The summed E-state index contributed by atoms with van der Waals surface area (Å²) in [7, 11) is 0. The van der Waals surface area contributed by atoms with Crippen molar-refractivity contribution in [2.75, 3.05) is 25.0 Å². The van der Waals surface area contributed by atoms with Gasteiger partial charge in [-0.25, -0.2) is 0 Å². The van der Waals surface area contributed by atoms with Crippen molar-refractivity contribution in [3.63, 3.8) is 0 Å².